The first-order valence-corrected chi connectivity index (χ1v) is 10.4. The first-order chi connectivity index (χ1) is 15.9. The molecule has 0 spiro atoms. The van der Waals surface area contributed by atoms with Crippen molar-refractivity contribution in [2.75, 3.05) is 0 Å². The van der Waals surface area contributed by atoms with Crippen molar-refractivity contribution >= 4 is 5.97 Å². The Bertz CT molecular complexity index is 1370. The largest absolute Gasteiger partial charge is 0.478 e. The van der Waals surface area contributed by atoms with Gasteiger partial charge < -0.3 is 10.2 Å². The van der Waals surface area contributed by atoms with E-state index in [1.54, 1.807) is 36.4 Å². The van der Waals surface area contributed by atoms with E-state index in [9.17, 15) is 28.2 Å². The van der Waals surface area contributed by atoms with E-state index in [-0.39, 0.29) is 22.6 Å². The van der Waals surface area contributed by atoms with E-state index in [4.69, 9.17) is 0 Å². The Kier molecular flexibility index (Phi) is 5.79. The number of carbonyl (C=O) groups is 1. The van der Waals surface area contributed by atoms with Gasteiger partial charge in [0.15, 0.2) is 0 Å². The van der Waals surface area contributed by atoms with E-state index < -0.39 is 23.3 Å². The highest BCUT2D eigenvalue weighted by molar-refractivity contribution is 5.89. The van der Waals surface area contributed by atoms with Crippen molar-refractivity contribution in [3.05, 3.63) is 95.8 Å². The molecule has 0 aliphatic rings. The van der Waals surface area contributed by atoms with Crippen molar-refractivity contribution < 1.29 is 28.2 Å². The van der Waals surface area contributed by atoms with Crippen molar-refractivity contribution in [3.63, 3.8) is 0 Å². The third-order valence-corrected chi connectivity index (χ3v) is 5.37. The Labute approximate surface area is 193 Å². The van der Waals surface area contributed by atoms with Crippen LogP contribution in [0.3, 0.4) is 0 Å². The molecule has 0 saturated heterocycles. The van der Waals surface area contributed by atoms with Gasteiger partial charge in [-0.05, 0) is 55.3 Å². The molecule has 2 N–H and O–H groups in total. The zero-order valence-electron chi connectivity index (χ0n) is 18.3. The fourth-order valence-corrected chi connectivity index (χ4v) is 3.65. The quantitative estimate of drug-likeness (QED) is 0.370. The molecule has 0 aliphatic carbocycles. The minimum Gasteiger partial charge on any atom is -0.478 e. The Morgan fingerprint density at radius 3 is 2.21 bits per heavy atom. The third-order valence-electron chi connectivity index (χ3n) is 5.37. The second kappa shape index (κ2) is 8.46. The molecule has 0 fully saturated rings. The smallest absolute Gasteiger partial charge is 0.417 e. The third kappa shape index (κ3) is 4.58. The highest BCUT2D eigenvalue weighted by Crippen LogP contribution is 2.38. The molecule has 0 amide bonds. The summed E-state index contributed by atoms with van der Waals surface area (Å²) >= 11 is 0. The molecule has 0 bridgehead atoms. The minimum absolute atomic E-state index is 0.0292. The van der Waals surface area contributed by atoms with Crippen LogP contribution in [-0.4, -0.2) is 25.7 Å². The Balaban J connectivity index is 1.92. The molecule has 1 heterocycles. The van der Waals surface area contributed by atoms with E-state index >= 15 is 0 Å². The lowest BCUT2D eigenvalue weighted by Gasteiger charge is -2.14. The highest BCUT2D eigenvalue weighted by atomic mass is 19.4. The molecule has 1 aromatic heterocycles. The molecule has 3 aromatic carbocycles. The van der Waals surface area contributed by atoms with Crippen LogP contribution in [0, 0.1) is 0 Å². The molecule has 0 unspecified atom stereocenters. The number of alkyl halides is 3. The summed E-state index contributed by atoms with van der Waals surface area (Å²) in [7, 11) is 0. The van der Waals surface area contributed by atoms with Gasteiger partial charge in [0.05, 0.1) is 16.8 Å². The number of benzene rings is 3. The lowest BCUT2D eigenvalue weighted by atomic mass is 10.0. The Hall–Kier alpha value is -3.91. The summed E-state index contributed by atoms with van der Waals surface area (Å²) < 4.78 is 42.8. The first-order valence-electron chi connectivity index (χ1n) is 10.4. The molecule has 8 heteroatoms. The maximum absolute atomic E-state index is 13.8. The summed E-state index contributed by atoms with van der Waals surface area (Å²) in [5, 5.41) is 19.8. The first kappa shape index (κ1) is 23.3. The Morgan fingerprint density at radius 1 is 0.912 bits per heavy atom. The van der Waals surface area contributed by atoms with Crippen LogP contribution in [0.2, 0.25) is 0 Å². The van der Waals surface area contributed by atoms with Crippen molar-refractivity contribution in [1.82, 2.24) is 9.55 Å². The molecule has 0 radical (unpaired) electrons. The molecule has 5 nitrogen and oxygen atoms in total. The number of aromatic carboxylic acids is 1. The average Bonchev–Trinajstić information content (AvgIpc) is 3.25. The summed E-state index contributed by atoms with van der Waals surface area (Å²) in [6.45, 7) is 3.01. The SMILES string of the molecule is CC(C)(O)c1cn(-c2cccc(-c3cccc(C(=O)O)c3)c2)c(-c2ccccc2C(F)(F)F)n1. The zero-order chi connectivity index (χ0) is 24.7. The van der Waals surface area contributed by atoms with Gasteiger partial charge in [-0.25, -0.2) is 9.78 Å². The van der Waals surface area contributed by atoms with Crippen LogP contribution in [0.1, 0.15) is 35.5 Å². The van der Waals surface area contributed by atoms with Gasteiger partial charge in [-0.15, -0.1) is 0 Å². The lowest BCUT2D eigenvalue weighted by molar-refractivity contribution is -0.137. The van der Waals surface area contributed by atoms with Gasteiger partial charge in [0.1, 0.15) is 11.4 Å². The second-order valence-electron chi connectivity index (χ2n) is 8.36. The van der Waals surface area contributed by atoms with E-state index in [1.165, 1.54) is 54.9 Å². The van der Waals surface area contributed by atoms with Crippen LogP contribution < -0.4 is 0 Å². The topological polar surface area (TPSA) is 75.4 Å². The zero-order valence-corrected chi connectivity index (χ0v) is 18.3. The number of carboxylic acids is 1. The standard InChI is InChI=1S/C26H21F3N2O3/c1-25(2,34)22-15-31(23(30-22)20-11-3-4-12-21(20)26(27,28)29)19-10-6-8-17(14-19)16-7-5-9-18(13-16)24(32)33/h3-15,34H,1-2H3,(H,32,33). The van der Waals surface area contributed by atoms with Crippen LogP contribution in [0.25, 0.3) is 28.2 Å². The minimum atomic E-state index is -4.60. The number of imidazole rings is 1. The molecule has 0 atom stereocenters. The van der Waals surface area contributed by atoms with Gasteiger partial charge in [0.2, 0.25) is 0 Å². The average molecular weight is 466 g/mol. The van der Waals surface area contributed by atoms with Gasteiger partial charge in [0, 0.05) is 17.4 Å². The summed E-state index contributed by atoms with van der Waals surface area (Å²) in [5.74, 6) is -1.03. The summed E-state index contributed by atoms with van der Waals surface area (Å²) in [6.07, 6.45) is -3.09. The van der Waals surface area contributed by atoms with Gasteiger partial charge >= 0.3 is 12.1 Å². The van der Waals surface area contributed by atoms with Gasteiger partial charge in [-0.3, -0.25) is 4.57 Å². The van der Waals surface area contributed by atoms with Crippen molar-refractivity contribution in [3.8, 4) is 28.2 Å². The number of nitrogens with zero attached hydrogens (tertiary/aromatic N) is 2. The van der Waals surface area contributed by atoms with E-state index in [0.29, 0.717) is 16.8 Å². The molecule has 0 saturated carbocycles. The molecular formula is C26H21F3N2O3. The van der Waals surface area contributed by atoms with Crippen LogP contribution in [0.5, 0.6) is 0 Å². The van der Waals surface area contributed by atoms with Crippen molar-refractivity contribution in [2.45, 2.75) is 25.6 Å². The fourth-order valence-electron chi connectivity index (χ4n) is 3.65. The van der Waals surface area contributed by atoms with E-state index in [0.717, 1.165) is 6.07 Å². The van der Waals surface area contributed by atoms with Crippen molar-refractivity contribution in [2.24, 2.45) is 0 Å². The van der Waals surface area contributed by atoms with E-state index in [1.807, 2.05) is 0 Å². The number of halogens is 3. The predicted octanol–water partition coefficient (Wildman–Crippen LogP) is 6.15. The Morgan fingerprint density at radius 2 is 1.56 bits per heavy atom. The number of rotatable bonds is 5. The fraction of sp³-hybridized carbons (Fsp3) is 0.154. The number of hydrogen-bond donors (Lipinski definition) is 2. The summed E-state index contributed by atoms with van der Waals surface area (Å²) in [5.41, 5.74) is -0.199. The molecule has 4 aromatic rings. The second-order valence-corrected chi connectivity index (χ2v) is 8.36. The normalized spacial score (nSPS) is 12.1. The summed E-state index contributed by atoms with van der Waals surface area (Å²) in [6, 6.07) is 18.5. The lowest BCUT2D eigenvalue weighted by Crippen LogP contribution is -2.15. The highest BCUT2D eigenvalue weighted by Gasteiger charge is 2.35. The predicted molar refractivity (Wildman–Crippen MR) is 122 cm³/mol. The van der Waals surface area contributed by atoms with Crippen LogP contribution in [-0.2, 0) is 11.8 Å². The monoisotopic (exact) mass is 466 g/mol. The molecule has 0 aliphatic heterocycles. The molecule has 4 rings (SSSR count). The number of aromatic nitrogens is 2. The maximum atomic E-state index is 13.8. The molecule has 174 valence electrons. The van der Waals surface area contributed by atoms with Gasteiger partial charge in [-0.2, -0.15) is 13.2 Å². The van der Waals surface area contributed by atoms with Crippen LogP contribution in [0.4, 0.5) is 13.2 Å². The van der Waals surface area contributed by atoms with Crippen molar-refractivity contribution in [1.29, 1.82) is 0 Å². The maximum Gasteiger partial charge on any atom is 0.417 e. The molecule has 34 heavy (non-hydrogen) atoms. The number of carboxylic acid groups (broad SMARTS) is 1. The number of aliphatic hydroxyl groups is 1. The number of hydrogen-bond acceptors (Lipinski definition) is 3. The van der Waals surface area contributed by atoms with Gasteiger partial charge in [0.25, 0.3) is 0 Å². The van der Waals surface area contributed by atoms with E-state index in [2.05, 4.69) is 4.98 Å². The van der Waals surface area contributed by atoms with Crippen LogP contribution >= 0.6 is 0 Å². The summed E-state index contributed by atoms with van der Waals surface area (Å²) in [4.78, 5) is 15.7. The van der Waals surface area contributed by atoms with Crippen LogP contribution in [0.15, 0.2) is 79.0 Å². The van der Waals surface area contributed by atoms with Gasteiger partial charge in [-0.1, -0.05) is 42.5 Å². The molecular weight excluding hydrogens is 445 g/mol.